The molecule has 6 heteroatoms. The zero-order valence-corrected chi connectivity index (χ0v) is 41.5. The number of allylic oxidation sites excluding steroid dienone is 4. The molecular weight excluding hydrogens is 1180 g/mol. The Kier molecular flexibility index (Phi) is 17.4. The monoisotopic (exact) mass is 1230 g/mol. The number of hydrogen-bond donors (Lipinski definition) is 0. The molecule has 0 amide bonds. The van der Waals surface area contributed by atoms with E-state index >= 15 is 0 Å². The van der Waals surface area contributed by atoms with Crippen molar-refractivity contribution in [3.63, 3.8) is 0 Å². The minimum Gasteiger partial charge on any atom is -0.458 e. The number of benzene rings is 8. The van der Waals surface area contributed by atoms with Crippen molar-refractivity contribution >= 4 is 86.2 Å². The van der Waals surface area contributed by atoms with Gasteiger partial charge in [0.2, 0.25) is 0 Å². The summed E-state index contributed by atoms with van der Waals surface area (Å²) in [5, 5.41) is 13.1. The van der Waals surface area contributed by atoms with E-state index in [1.807, 2.05) is 84.9 Å². The molecule has 0 saturated heterocycles. The molecule has 2 aromatic heterocycles. The number of hydrogen-bond acceptors (Lipinski definition) is 2. The van der Waals surface area contributed by atoms with Crippen molar-refractivity contribution in [1.29, 1.82) is 0 Å². The minimum absolute atomic E-state index is 0. The van der Waals surface area contributed by atoms with Crippen molar-refractivity contribution < 1.29 is 53.6 Å². The molecule has 10 aromatic rings. The van der Waals surface area contributed by atoms with E-state index in [0.29, 0.717) is 0 Å². The van der Waals surface area contributed by atoms with Crippen molar-refractivity contribution in [3.05, 3.63) is 248 Å². The van der Waals surface area contributed by atoms with E-state index < -0.39 is 15.8 Å². The van der Waals surface area contributed by atoms with Gasteiger partial charge in [0.25, 0.3) is 0 Å². The second-order valence-electron chi connectivity index (χ2n) is 14.5. The summed E-state index contributed by atoms with van der Waals surface area (Å²) in [4.78, 5) is 0. The van der Waals surface area contributed by atoms with Crippen LogP contribution < -0.4 is 26.5 Å². The standard InChI is InChI=1S/C30H28P2.2C14H7O.2Au/c1-3-16-25(4-2)31(26-17-8-5-9-18-26)29-23-14-15-24-30(29)32(27-19-10-6-11-20-27)28-21-12-7-13-22-28;2*1-2-10-7-8-12-11-5-3-4-6-13(11)15-14(12)9-10;;/h3-24H,1-2H3;2*3-9H;;/q;2*-1;2*+1/p+2/b16-3-,25-4+;;;;. The molecule has 0 saturated carbocycles. The summed E-state index contributed by atoms with van der Waals surface area (Å²) in [7, 11) is -2.28. The van der Waals surface area contributed by atoms with Crippen LogP contribution in [0.3, 0.4) is 0 Å². The van der Waals surface area contributed by atoms with E-state index in [1.54, 1.807) is 0 Å². The molecule has 0 N–H and O–H groups in total. The van der Waals surface area contributed by atoms with Crippen LogP contribution in [0.2, 0.25) is 0 Å². The third-order valence-electron chi connectivity index (χ3n) is 10.6. The molecule has 0 fully saturated rings. The molecule has 318 valence electrons. The van der Waals surface area contributed by atoms with Gasteiger partial charge >= 0.3 is 44.8 Å². The van der Waals surface area contributed by atoms with Gasteiger partial charge in [-0.3, -0.25) is 11.8 Å². The Morgan fingerprint density at radius 1 is 0.438 bits per heavy atom. The second-order valence-corrected chi connectivity index (χ2v) is 19.4. The fourth-order valence-corrected chi connectivity index (χ4v) is 13.9. The maximum Gasteiger partial charge on any atom is 1.00 e. The normalized spacial score (nSPS) is 11.4. The largest absolute Gasteiger partial charge is 1.00 e. The van der Waals surface area contributed by atoms with E-state index in [9.17, 15) is 0 Å². The molecule has 2 heterocycles. The molecule has 0 spiro atoms. The fourth-order valence-electron chi connectivity index (χ4n) is 7.80. The van der Waals surface area contributed by atoms with E-state index in [4.69, 9.17) is 21.7 Å². The molecule has 8 aromatic carbocycles. The Balaban J connectivity index is 0.000000176. The van der Waals surface area contributed by atoms with Gasteiger partial charge in [-0.2, -0.15) is 0 Å². The number of fused-ring (bicyclic) bond motifs is 6. The van der Waals surface area contributed by atoms with Gasteiger partial charge in [-0.1, -0.05) is 133 Å². The van der Waals surface area contributed by atoms with Crippen LogP contribution in [0, 0.1) is 24.7 Å². The van der Waals surface area contributed by atoms with E-state index in [-0.39, 0.29) is 44.8 Å². The van der Waals surface area contributed by atoms with Gasteiger partial charge in [-0.15, -0.1) is 23.3 Å². The van der Waals surface area contributed by atoms with E-state index in [1.165, 1.54) is 31.8 Å². The molecule has 0 radical (unpaired) electrons. The first-order valence-corrected chi connectivity index (χ1v) is 23.6. The first-order valence-electron chi connectivity index (χ1n) is 20.6. The summed E-state index contributed by atoms with van der Waals surface area (Å²) in [6.07, 6.45) is 20.9. The minimum atomic E-state index is -1.14. The van der Waals surface area contributed by atoms with Crippen molar-refractivity contribution in [3.8, 4) is 11.8 Å². The molecular formula is C58H44Au2O2P2+2. The topological polar surface area (TPSA) is 26.3 Å². The maximum absolute atomic E-state index is 7.06. The maximum atomic E-state index is 7.06. The van der Waals surface area contributed by atoms with Gasteiger partial charge in [0, 0.05) is 21.5 Å². The molecule has 1 unspecified atom stereocenters. The van der Waals surface area contributed by atoms with E-state index in [2.05, 4.69) is 159 Å². The third kappa shape index (κ3) is 10.8. The quantitative estimate of drug-likeness (QED) is 0.0523. The van der Waals surface area contributed by atoms with Gasteiger partial charge in [0.05, 0.1) is 5.31 Å². The number of furan rings is 2. The number of rotatable bonds is 7. The summed E-state index contributed by atoms with van der Waals surface area (Å²) in [5.41, 5.74) is 4.87. The van der Waals surface area contributed by atoms with Crippen LogP contribution in [0.25, 0.3) is 43.9 Å². The molecule has 0 bridgehead atoms. The predicted octanol–water partition coefficient (Wildman–Crippen LogP) is 12.9. The van der Waals surface area contributed by atoms with Crippen LogP contribution in [-0.4, -0.2) is 0 Å². The first-order chi connectivity index (χ1) is 30.6. The van der Waals surface area contributed by atoms with Gasteiger partial charge in [0.15, 0.2) is 0 Å². The van der Waals surface area contributed by atoms with Crippen molar-refractivity contribution in [2.75, 3.05) is 0 Å². The molecule has 10 rings (SSSR count). The average Bonchev–Trinajstić information content (AvgIpc) is 3.91. The van der Waals surface area contributed by atoms with Crippen LogP contribution in [0.5, 0.6) is 0 Å². The van der Waals surface area contributed by atoms with Gasteiger partial charge < -0.3 is 21.7 Å². The van der Waals surface area contributed by atoms with Crippen molar-refractivity contribution in [1.82, 2.24) is 0 Å². The van der Waals surface area contributed by atoms with Crippen LogP contribution in [-0.2, 0) is 44.8 Å². The van der Waals surface area contributed by atoms with Crippen LogP contribution in [0.15, 0.2) is 233 Å². The van der Waals surface area contributed by atoms with Gasteiger partial charge in [-0.05, 0) is 86.7 Å². The zero-order valence-electron chi connectivity index (χ0n) is 35.2. The Labute approximate surface area is 410 Å². The Morgan fingerprint density at radius 2 is 0.828 bits per heavy atom. The molecule has 1 atom stereocenters. The Bertz CT molecular complexity index is 3080. The summed E-state index contributed by atoms with van der Waals surface area (Å²) in [5.74, 6) is 4.71. The molecule has 64 heavy (non-hydrogen) atoms. The Morgan fingerprint density at radius 3 is 1.27 bits per heavy atom. The predicted molar refractivity (Wildman–Crippen MR) is 269 cm³/mol. The summed E-state index contributed by atoms with van der Waals surface area (Å²) < 4.78 is 11.3. The summed E-state index contributed by atoms with van der Waals surface area (Å²) in [6, 6.07) is 69.6. The van der Waals surface area contributed by atoms with Crippen LogP contribution in [0.4, 0.5) is 0 Å². The van der Waals surface area contributed by atoms with Gasteiger partial charge in [-0.25, -0.2) is 0 Å². The molecule has 2 nitrogen and oxygen atoms in total. The van der Waals surface area contributed by atoms with Crippen LogP contribution in [0.1, 0.15) is 25.0 Å². The third-order valence-corrected chi connectivity index (χ3v) is 16.6. The van der Waals surface area contributed by atoms with E-state index in [0.717, 1.165) is 55.0 Å². The summed E-state index contributed by atoms with van der Waals surface area (Å²) in [6.45, 7) is 4.29. The first kappa shape index (κ1) is 47.8. The Hall–Kier alpha value is -5.70. The van der Waals surface area contributed by atoms with Crippen molar-refractivity contribution in [2.24, 2.45) is 0 Å². The number of para-hydroxylation sites is 2. The average molecular weight is 1230 g/mol. The fraction of sp³-hybridized carbons (Fsp3) is 0.0345. The van der Waals surface area contributed by atoms with Crippen molar-refractivity contribution in [2.45, 2.75) is 13.8 Å². The second kappa shape index (κ2) is 23.3. The summed E-state index contributed by atoms with van der Waals surface area (Å²) >= 11 is 0. The SMILES string of the molecule is C/C=C\C(=C/C)[PH+](c1ccccc1)c1ccccc1[PH+](c1ccccc1)c1ccccc1.[Au+].[Au+].[C-]#Cc1ccc2c(c1)oc1ccccc12.[C-]#Cc1ccc2c(c1)oc1ccccc12. The molecule has 0 aliphatic heterocycles. The smallest absolute Gasteiger partial charge is 0.458 e. The van der Waals surface area contributed by atoms with Crippen LogP contribution >= 0.6 is 15.8 Å². The van der Waals surface area contributed by atoms with Gasteiger partial charge in [0.1, 0.15) is 64.7 Å². The zero-order chi connectivity index (χ0) is 42.7. The molecule has 0 aliphatic rings. The molecule has 0 aliphatic carbocycles.